The zero-order valence-electron chi connectivity index (χ0n) is 20.2. The lowest BCUT2D eigenvalue weighted by Crippen LogP contribution is -2.56. The summed E-state index contributed by atoms with van der Waals surface area (Å²) in [5, 5.41) is 10.4. The van der Waals surface area contributed by atoms with Crippen LogP contribution in [0.1, 0.15) is 5.82 Å². The summed E-state index contributed by atoms with van der Waals surface area (Å²) in [4.78, 5) is 26.1. The molecule has 0 saturated carbocycles. The molecule has 0 radical (unpaired) electrons. The van der Waals surface area contributed by atoms with E-state index in [0.717, 1.165) is 6.07 Å². The van der Waals surface area contributed by atoms with Gasteiger partial charge in [-0.3, -0.25) is 9.69 Å². The molecule has 38 heavy (non-hydrogen) atoms. The first-order valence-electron chi connectivity index (χ1n) is 12.0. The predicted molar refractivity (Wildman–Crippen MR) is 136 cm³/mol. The Morgan fingerprint density at radius 3 is 2.47 bits per heavy atom. The van der Waals surface area contributed by atoms with Crippen molar-refractivity contribution >= 4 is 34.2 Å². The summed E-state index contributed by atoms with van der Waals surface area (Å²) in [5.74, 6) is -4.62. The molecule has 1 aromatic heterocycles. The Hall–Kier alpha value is -3.44. The summed E-state index contributed by atoms with van der Waals surface area (Å²) in [6.07, 6.45) is 1.41. The number of nitrogens with zero attached hydrogens (tertiary/aromatic N) is 5. The second-order valence-electron chi connectivity index (χ2n) is 9.37. The van der Waals surface area contributed by atoms with Crippen molar-refractivity contribution in [2.75, 3.05) is 50.7 Å². The normalized spacial score (nSPS) is 17.5. The first-order chi connectivity index (χ1) is 18.1. The van der Waals surface area contributed by atoms with Crippen molar-refractivity contribution in [1.82, 2.24) is 19.8 Å². The highest BCUT2D eigenvalue weighted by Gasteiger charge is 2.43. The number of rotatable bonds is 6. The second-order valence-corrected chi connectivity index (χ2v) is 9.78. The van der Waals surface area contributed by atoms with E-state index in [0.29, 0.717) is 32.0 Å². The maximum Gasteiger partial charge on any atom is 0.272 e. The molecule has 2 aromatic carbocycles. The Balaban J connectivity index is 1.58. The number of halogens is 5. The van der Waals surface area contributed by atoms with E-state index in [1.54, 1.807) is 9.80 Å². The van der Waals surface area contributed by atoms with Crippen LogP contribution in [0, 0.1) is 11.6 Å². The Morgan fingerprint density at radius 1 is 1.13 bits per heavy atom. The molecular formula is C26H24ClF4N5O2. The summed E-state index contributed by atoms with van der Waals surface area (Å²) in [7, 11) is 0. The average Bonchev–Trinajstić information content (AvgIpc) is 2.87. The van der Waals surface area contributed by atoms with Crippen LogP contribution < -0.4 is 4.90 Å². The maximum atomic E-state index is 16.0. The van der Waals surface area contributed by atoms with Gasteiger partial charge >= 0.3 is 0 Å². The summed E-state index contributed by atoms with van der Waals surface area (Å²) in [6, 6.07) is 5.02. The number of piperazine rings is 1. The molecule has 3 heterocycles. The number of hydrogen-bond donors (Lipinski definition) is 1. The summed E-state index contributed by atoms with van der Waals surface area (Å²) in [5.41, 5.74) is -0.863. The average molecular weight is 550 g/mol. The first-order valence-corrected chi connectivity index (χ1v) is 12.4. The van der Waals surface area contributed by atoms with Gasteiger partial charge in [0.2, 0.25) is 5.91 Å². The van der Waals surface area contributed by atoms with Crippen LogP contribution in [0.4, 0.5) is 23.4 Å². The summed E-state index contributed by atoms with van der Waals surface area (Å²) in [6.45, 7) is 4.56. The van der Waals surface area contributed by atoms with E-state index in [1.807, 2.05) is 4.90 Å². The van der Waals surface area contributed by atoms with E-state index in [9.17, 15) is 23.1 Å². The smallest absolute Gasteiger partial charge is 0.272 e. The number of carbonyl (C=O) groups excluding carboxylic acids is 1. The van der Waals surface area contributed by atoms with Gasteiger partial charge in [-0.25, -0.2) is 27.5 Å². The monoisotopic (exact) mass is 549 g/mol. The molecule has 0 unspecified atom stereocenters. The molecular weight excluding hydrogens is 526 g/mol. The van der Waals surface area contributed by atoms with E-state index < -0.39 is 28.9 Å². The van der Waals surface area contributed by atoms with E-state index in [1.165, 1.54) is 24.3 Å². The van der Waals surface area contributed by atoms with E-state index in [2.05, 4.69) is 16.5 Å². The highest BCUT2D eigenvalue weighted by molar-refractivity contribution is 6.34. The number of alkyl halides is 2. The number of aromatic nitrogens is 2. The fraction of sp³-hybridized carbons (Fsp3) is 0.346. The van der Waals surface area contributed by atoms with Crippen LogP contribution in [0.15, 0.2) is 36.9 Å². The van der Waals surface area contributed by atoms with Crippen LogP contribution in [-0.2, 0) is 11.2 Å². The van der Waals surface area contributed by atoms with Crippen molar-refractivity contribution < 1.29 is 27.5 Å². The van der Waals surface area contributed by atoms with Crippen molar-refractivity contribution in [3.63, 3.8) is 0 Å². The van der Waals surface area contributed by atoms with Gasteiger partial charge in [0.25, 0.3) is 5.92 Å². The number of phenolic OH excluding ortho intramolecular Hbond substituents is 1. The van der Waals surface area contributed by atoms with Gasteiger partial charge in [0.15, 0.2) is 5.82 Å². The topological polar surface area (TPSA) is 72.8 Å². The highest BCUT2D eigenvalue weighted by atomic mass is 35.5. The standard InChI is InChI=1S/C26H24ClF4N5O2/c1-2-20(38)35-8-10-36(11-9-35)25-15-12-16(27)21(22-17(28)4-3-5-18(22)37)23(29)24(15)32-19(33-25)6-7-34-13-26(30,31)14-34/h2-5,12,37H,1,6-11,13-14H2. The van der Waals surface area contributed by atoms with Crippen LogP contribution in [-0.4, -0.2) is 82.5 Å². The number of carbonyl (C=O) groups is 1. The maximum absolute atomic E-state index is 16.0. The van der Waals surface area contributed by atoms with Crippen LogP contribution in [0.5, 0.6) is 5.75 Å². The molecule has 0 atom stereocenters. The lowest BCUT2D eigenvalue weighted by Gasteiger charge is -2.38. The minimum atomic E-state index is -2.72. The fourth-order valence-corrected chi connectivity index (χ4v) is 5.15. The summed E-state index contributed by atoms with van der Waals surface area (Å²) < 4.78 is 57.3. The quantitative estimate of drug-likeness (QED) is 0.366. The molecule has 2 saturated heterocycles. The number of benzene rings is 2. The number of amides is 1. The van der Waals surface area contributed by atoms with E-state index >= 15 is 4.39 Å². The van der Waals surface area contributed by atoms with Crippen LogP contribution in [0.2, 0.25) is 5.02 Å². The zero-order chi connectivity index (χ0) is 27.2. The lowest BCUT2D eigenvalue weighted by molar-refractivity contribution is -0.129. The SMILES string of the molecule is C=CC(=O)N1CCN(c2nc(CCN3CC(F)(F)C3)nc3c(F)c(-c4c(O)cccc4F)c(Cl)cc23)CC1. The van der Waals surface area contributed by atoms with E-state index in [-0.39, 0.29) is 59.3 Å². The third-order valence-electron chi connectivity index (χ3n) is 6.78. The molecule has 1 amide bonds. The molecule has 12 heteroatoms. The second kappa shape index (κ2) is 10.0. The lowest BCUT2D eigenvalue weighted by atomic mass is 10.0. The van der Waals surface area contributed by atoms with Crippen LogP contribution >= 0.6 is 11.6 Å². The van der Waals surface area contributed by atoms with Gasteiger partial charge in [-0.1, -0.05) is 24.2 Å². The number of anilines is 1. The van der Waals surface area contributed by atoms with Crippen molar-refractivity contribution in [1.29, 1.82) is 0 Å². The van der Waals surface area contributed by atoms with Gasteiger partial charge in [0.05, 0.1) is 23.7 Å². The molecule has 0 aliphatic carbocycles. The molecule has 7 nitrogen and oxygen atoms in total. The minimum absolute atomic E-state index is 0.134. The Kier molecular flexibility index (Phi) is 6.91. The van der Waals surface area contributed by atoms with Crippen molar-refractivity contribution in [3.05, 3.63) is 59.4 Å². The molecule has 0 spiro atoms. The molecule has 1 N–H and O–H groups in total. The number of hydrogen-bond acceptors (Lipinski definition) is 6. The number of likely N-dealkylation sites (tertiary alicyclic amines) is 1. The predicted octanol–water partition coefficient (Wildman–Crippen LogP) is 4.26. The van der Waals surface area contributed by atoms with Gasteiger partial charge < -0.3 is 14.9 Å². The van der Waals surface area contributed by atoms with E-state index in [4.69, 9.17) is 11.6 Å². The molecule has 0 bridgehead atoms. The molecule has 2 aliphatic rings. The summed E-state index contributed by atoms with van der Waals surface area (Å²) >= 11 is 6.44. The largest absolute Gasteiger partial charge is 0.507 e. The minimum Gasteiger partial charge on any atom is -0.507 e. The molecule has 2 fully saturated rings. The van der Waals surface area contributed by atoms with Gasteiger partial charge in [-0.2, -0.15) is 0 Å². The number of fused-ring (bicyclic) bond motifs is 1. The van der Waals surface area contributed by atoms with Gasteiger partial charge in [-0.05, 0) is 24.3 Å². The Bertz CT molecular complexity index is 1400. The Labute approximate surface area is 220 Å². The number of phenols is 1. The molecule has 200 valence electrons. The van der Waals surface area contributed by atoms with Gasteiger partial charge in [0, 0.05) is 50.1 Å². The third kappa shape index (κ3) is 4.88. The third-order valence-corrected chi connectivity index (χ3v) is 7.08. The van der Waals surface area contributed by atoms with Gasteiger partial charge in [-0.15, -0.1) is 0 Å². The van der Waals surface area contributed by atoms with Crippen LogP contribution in [0.25, 0.3) is 22.0 Å². The Morgan fingerprint density at radius 2 is 1.84 bits per heavy atom. The first kappa shape index (κ1) is 26.2. The highest BCUT2D eigenvalue weighted by Crippen LogP contribution is 2.42. The van der Waals surface area contributed by atoms with Crippen molar-refractivity contribution in [3.8, 4) is 16.9 Å². The molecule has 5 rings (SSSR count). The molecule has 2 aliphatic heterocycles. The van der Waals surface area contributed by atoms with Crippen molar-refractivity contribution in [2.45, 2.75) is 12.3 Å². The molecule has 3 aromatic rings. The van der Waals surface area contributed by atoms with Gasteiger partial charge in [0.1, 0.15) is 28.7 Å². The zero-order valence-corrected chi connectivity index (χ0v) is 21.0. The number of aromatic hydroxyl groups is 1. The van der Waals surface area contributed by atoms with Crippen molar-refractivity contribution in [2.24, 2.45) is 0 Å². The fourth-order valence-electron chi connectivity index (χ4n) is 4.86. The van der Waals surface area contributed by atoms with Crippen LogP contribution in [0.3, 0.4) is 0 Å².